The Morgan fingerprint density at radius 3 is 3.13 bits per heavy atom. The molecule has 1 aliphatic rings. The van der Waals surface area contributed by atoms with Crippen molar-refractivity contribution in [3.8, 4) is 0 Å². The molecular weight excluding hydrogens is 190 g/mol. The van der Waals surface area contributed by atoms with Crippen LogP contribution >= 0.6 is 0 Å². The zero-order chi connectivity index (χ0) is 10.5. The summed E-state index contributed by atoms with van der Waals surface area (Å²) in [5.41, 5.74) is 1.11. The summed E-state index contributed by atoms with van der Waals surface area (Å²) in [6.45, 7) is 1.57. The van der Waals surface area contributed by atoms with E-state index in [-0.39, 0.29) is 11.9 Å². The number of amides is 1. The number of hydrogen-bond acceptors (Lipinski definition) is 2. The van der Waals surface area contributed by atoms with Gasteiger partial charge in [-0.2, -0.15) is 0 Å². The van der Waals surface area contributed by atoms with E-state index in [1.54, 1.807) is 0 Å². The van der Waals surface area contributed by atoms with Gasteiger partial charge in [0.15, 0.2) is 0 Å². The SMILES string of the molecule is O=C(NCc1cc[nH]c1)[C@H]1CCCCN1. The van der Waals surface area contributed by atoms with Crippen molar-refractivity contribution in [3.63, 3.8) is 0 Å². The number of carbonyl (C=O) groups is 1. The fourth-order valence-corrected chi connectivity index (χ4v) is 1.86. The number of nitrogens with one attached hydrogen (secondary N) is 3. The molecule has 2 heterocycles. The molecule has 0 spiro atoms. The van der Waals surface area contributed by atoms with Crippen molar-refractivity contribution in [3.05, 3.63) is 24.0 Å². The molecule has 4 nitrogen and oxygen atoms in total. The number of carbonyl (C=O) groups excluding carboxylic acids is 1. The van der Waals surface area contributed by atoms with Gasteiger partial charge in [0, 0.05) is 18.9 Å². The molecule has 1 aromatic heterocycles. The lowest BCUT2D eigenvalue weighted by molar-refractivity contribution is -0.123. The van der Waals surface area contributed by atoms with E-state index in [4.69, 9.17) is 0 Å². The summed E-state index contributed by atoms with van der Waals surface area (Å²) in [4.78, 5) is 14.7. The van der Waals surface area contributed by atoms with Crippen molar-refractivity contribution in [2.75, 3.05) is 6.54 Å². The van der Waals surface area contributed by atoms with Crippen molar-refractivity contribution in [2.24, 2.45) is 0 Å². The molecule has 1 aliphatic heterocycles. The summed E-state index contributed by atoms with van der Waals surface area (Å²) < 4.78 is 0. The Balaban J connectivity index is 1.76. The quantitative estimate of drug-likeness (QED) is 0.686. The molecule has 0 aromatic carbocycles. The number of aromatic amines is 1. The predicted molar refractivity (Wildman–Crippen MR) is 58.3 cm³/mol. The molecule has 82 valence electrons. The molecule has 1 atom stereocenters. The Kier molecular flexibility index (Phi) is 3.40. The maximum absolute atomic E-state index is 11.7. The van der Waals surface area contributed by atoms with Crippen LogP contribution in [0.5, 0.6) is 0 Å². The monoisotopic (exact) mass is 207 g/mol. The molecule has 0 saturated carbocycles. The fourth-order valence-electron chi connectivity index (χ4n) is 1.86. The highest BCUT2D eigenvalue weighted by molar-refractivity contribution is 5.81. The van der Waals surface area contributed by atoms with Gasteiger partial charge >= 0.3 is 0 Å². The van der Waals surface area contributed by atoms with E-state index in [0.717, 1.165) is 24.9 Å². The second-order valence-electron chi connectivity index (χ2n) is 3.94. The van der Waals surface area contributed by atoms with Crippen LogP contribution in [0.3, 0.4) is 0 Å². The zero-order valence-corrected chi connectivity index (χ0v) is 8.75. The van der Waals surface area contributed by atoms with E-state index < -0.39 is 0 Å². The number of piperidine rings is 1. The van der Waals surface area contributed by atoms with Crippen molar-refractivity contribution in [1.82, 2.24) is 15.6 Å². The van der Waals surface area contributed by atoms with Gasteiger partial charge in [0.1, 0.15) is 0 Å². The molecule has 4 heteroatoms. The molecule has 0 radical (unpaired) electrons. The average Bonchev–Trinajstić information content (AvgIpc) is 2.80. The molecule has 1 aromatic rings. The topological polar surface area (TPSA) is 56.9 Å². The summed E-state index contributed by atoms with van der Waals surface area (Å²) in [5, 5.41) is 6.16. The van der Waals surface area contributed by atoms with Crippen LogP contribution in [0.2, 0.25) is 0 Å². The van der Waals surface area contributed by atoms with Gasteiger partial charge in [0.2, 0.25) is 5.91 Å². The van der Waals surface area contributed by atoms with Crippen molar-refractivity contribution in [1.29, 1.82) is 0 Å². The molecule has 0 unspecified atom stereocenters. The predicted octanol–water partition coefficient (Wildman–Crippen LogP) is 0.773. The van der Waals surface area contributed by atoms with Crippen LogP contribution < -0.4 is 10.6 Å². The maximum Gasteiger partial charge on any atom is 0.237 e. The summed E-state index contributed by atoms with van der Waals surface area (Å²) in [7, 11) is 0. The first-order valence-electron chi connectivity index (χ1n) is 5.49. The number of rotatable bonds is 3. The number of aromatic nitrogens is 1. The smallest absolute Gasteiger partial charge is 0.237 e. The van der Waals surface area contributed by atoms with Gasteiger partial charge in [0.05, 0.1) is 6.04 Å². The van der Waals surface area contributed by atoms with Gasteiger partial charge in [-0.25, -0.2) is 0 Å². The Hall–Kier alpha value is -1.29. The van der Waals surface area contributed by atoms with Crippen LogP contribution in [0.4, 0.5) is 0 Å². The summed E-state index contributed by atoms with van der Waals surface area (Å²) in [5.74, 6) is 0.121. The maximum atomic E-state index is 11.7. The van der Waals surface area contributed by atoms with E-state index in [9.17, 15) is 4.79 Å². The van der Waals surface area contributed by atoms with Crippen LogP contribution in [0, 0.1) is 0 Å². The standard InChI is InChI=1S/C11H17N3O/c15-11(10-3-1-2-5-13-10)14-8-9-4-6-12-7-9/h4,6-7,10,12-13H,1-3,5,8H2,(H,14,15)/t10-/m1/s1. The summed E-state index contributed by atoms with van der Waals surface area (Å²) >= 11 is 0. The Morgan fingerprint density at radius 2 is 2.47 bits per heavy atom. The highest BCUT2D eigenvalue weighted by atomic mass is 16.2. The van der Waals surface area contributed by atoms with E-state index in [2.05, 4.69) is 15.6 Å². The Bertz CT molecular complexity index is 302. The van der Waals surface area contributed by atoms with Crippen LogP contribution in [-0.4, -0.2) is 23.5 Å². The van der Waals surface area contributed by atoms with Gasteiger partial charge in [-0.1, -0.05) is 6.42 Å². The molecule has 0 bridgehead atoms. The zero-order valence-electron chi connectivity index (χ0n) is 8.75. The first-order chi connectivity index (χ1) is 7.36. The lowest BCUT2D eigenvalue weighted by atomic mass is 10.0. The van der Waals surface area contributed by atoms with E-state index in [1.807, 2.05) is 18.5 Å². The highest BCUT2D eigenvalue weighted by Crippen LogP contribution is 2.07. The lowest BCUT2D eigenvalue weighted by Crippen LogP contribution is -2.46. The van der Waals surface area contributed by atoms with Gasteiger partial charge in [0.25, 0.3) is 0 Å². The molecule has 1 fully saturated rings. The minimum atomic E-state index is 0.0118. The first-order valence-corrected chi connectivity index (χ1v) is 5.49. The highest BCUT2D eigenvalue weighted by Gasteiger charge is 2.19. The summed E-state index contributed by atoms with van der Waals surface area (Å²) in [6, 6.07) is 1.98. The fraction of sp³-hybridized carbons (Fsp3) is 0.545. The third kappa shape index (κ3) is 2.83. The molecule has 0 aliphatic carbocycles. The van der Waals surface area contributed by atoms with E-state index in [1.165, 1.54) is 6.42 Å². The van der Waals surface area contributed by atoms with Gasteiger partial charge in [-0.15, -0.1) is 0 Å². The Morgan fingerprint density at radius 1 is 1.53 bits per heavy atom. The van der Waals surface area contributed by atoms with Crippen molar-refractivity contribution >= 4 is 5.91 Å². The van der Waals surface area contributed by atoms with Gasteiger partial charge < -0.3 is 15.6 Å². The molecule has 3 N–H and O–H groups in total. The molecule has 1 amide bonds. The van der Waals surface area contributed by atoms with Crippen LogP contribution in [-0.2, 0) is 11.3 Å². The average molecular weight is 207 g/mol. The van der Waals surface area contributed by atoms with E-state index >= 15 is 0 Å². The second kappa shape index (κ2) is 4.98. The van der Waals surface area contributed by atoms with Crippen molar-refractivity contribution < 1.29 is 4.79 Å². The minimum Gasteiger partial charge on any atom is -0.367 e. The van der Waals surface area contributed by atoms with Gasteiger partial charge in [-0.05, 0) is 31.0 Å². The third-order valence-electron chi connectivity index (χ3n) is 2.76. The summed E-state index contributed by atoms with van der Waals surface area (Å²) in [6.07, 6.45) is 7.05. The van der Waals surface area contributed by atoms with Gasteiger partial charge in [-0.3, -0.25) is 4.79 Å². The lowest BCUT2D eigenvalue weighted by Gasteiger charge is -2.22. The minimum absolute atomic E-state index is 0.0118. The second-order valence-corrected chi connectivity index (χ2v) is 3.94. The molecule has 2 rings (SSSR count). The largest absolute Gasteiger partial charge is 0.367 e. The molecule has 1 saturated heterocycles. The van der Waals surface area contributed by atoms with E-state index in [0.29, 0.717) is 6.54 Å². The number of hydrogen-bond donors (Lipinski definition) is 3. The molecular formula is C11H17N3O. The van der Waals surface area contributed by atoms with Crippen LogP contribution in [0.1, 0.15) is 24.8 Å². The normalized spacial score (nSPS) is 21.2. The molecule has 15 heavy (non-hydrogen) atoms. The first kappa shape index (κ1) is 10.2. The van der Waals surface area contributed by atoms with Crippen LogP contribution in [0.25, 0.3) is 0 Å². The van der Waals surface area contributed by atoms with Crippen LogP contribution in [0.15, 0.2) is 18.5 Å². The number of H-pyrrole nitrogens is 1. The van der Waals surface area contributed by atoms with Crippen molar-refractivity contribution in [2.45, 2.75) is 31.8 Å². The third-order valence-corrected chi connectivity index (χ3v) is 2.76. The Labute approximate surface area is 89.5 Å².